The molecule has 1 fully saturated rings. The molecule has 2 heterocycles. The van der Waals surface area contributed by atoms with E-state index in [1.165, 1.54) is 0 Å². The highest BCUT2D eigenvalue weighted by atomic mass is 79.9. The van der Waals surface area contributed by atoms with Crippen LogP contribution in [0.3, 0.4) is 0 Å². The summed E-state index contributed by atoms with van der Waals surface area (Å²) in [5.74, 6) is 0.559. The molecule has 162 valence electrons. The maximum atomic E-state index is 6.44. The second-order valence-electron chi connectivity index (χ2n) is 8.91. The fraction of sp³-hybridized carbons (Fsp3) is 0.850. The maximum absolute atomic E-state index is 6.44. The number of rotatable bonds is 13. The van der Waals surface area contributed by atoms with Crippen molar-refractivity contribution in [2.45, 2.75) is 89.7 Å². The summed E-state index contributed by atoms with van der Waals surface area (Å²) in [7, 11) is -1.07. The molecule has 1 saturated heterocycles. The number of ether oxygens (including phenoxy) is 3. The molecule has 0 aliphatic carbocycles. The van der Waals surface area contributed by atoms with Crippen molar-refractivity contribution in [3.63, 3.8) is 0 Å². The van der Waals surface area contributed by atoms with Gasteiger partial charge in [-0.2, -0.15) is 0 Å². The van der Waals surface area contributed by atoms with E-state index in [1.54, 1.807) is 0 Å². The predicted molar refractivity (Wildman–Crippen MR) is 119 cm³/mol. The molecule has 0 spiro atoms. The van der Waals surface area contributed by atoms with E-state index in [4.69, 9.17) is 19.9 Å². The molecule has 1 aliphatic rings. The zero-order valence-electron chi connectivity index (χ0n) is 18.0. The highest BCUT2D eigenvalue weighted by Crippen LogP contribution is 2.29. The van der Waals surface area contributed by atoms with Crippen LogP contribution in [0.25, 0.3) is 0 Å². The molecular formula is C20H38BrN3O3Si. The highest BCUT2D eigenvalue weighted by Gasteiger charge is 2.33. The fourth-order valence-corrected chi connectivity index (χ4v) is 4.61. The Bertz CT molecular complexity index is 586. The minimum atomic E-state index is -1.07. The lowest BCUT2D eigenvalue weighted by Crippen LogP contribution is -2.28. The van der Waals surface area contributed by atoms with Gasteiger partial charge in [0.1, 0.15) is 17.2 Å². The van der Waals surface area contributed by atoms with Crippen molar-refractivity contribution in [1.29, 1.82) is 0 Å². The first kappa shape index (κ1) is 24.0. The van der Waals surface area contributed by atoms with Crippen LogP contribution >= 0.6 is 15.9 Å². The lowest BCUT2D eigenvalue weighted by molar-refractivity contribution is -0.164. The van der Waals surface area contributed by atoms with Crippen LogP contribution in [0.5, 0.6) is 0 Å². The highest BCUT2D eigenvalue weighted by molar-refractivity contribution is 9.10. The van der Waals surface area contributed by atoms with E-state index < -0.39 is 8.07 Å². The number of nitrogens with two attached hydrogens (primary N) is 1. The molecule has 1 atom stereocenters. The van der Waals surface area contributed by atoms with E-state index in [0.29, 0.717) is 6.73 Å². The van der Waals surface area contributed by atoms with Crippen LogP contribution in [0.15, 0.2) is 10.8 Å². The van der Waals surface area contributed by atoms with Crippen LogP contribution < -0.4 is 5.73 Å². The van der Waals surface area contributed by atoms with Gasteiger partial charge in [0, 0.05) is 27.3 Å². The van der Waals surface area contributed by atoms with Gasteiger partial charge in [-0.25, -0.2) is 4.98 Å². The van der Waals surface area contributed by atoms with Gasteiger partial charge in [-0.3, -0.25) is 0 Å². The summed E-state index contributed by atoms with van der Waals surface area (Å²) in [5, 5.41) is 0. The Morgan fingerprint density at radius 2 is 2.00 bits per heavy atom. The van der Waals surface area contributed by atoms with E-state index >= 15 is 0 Å². The average Bonchev–Trinajstić information content (AvgIpc) is 3.24. The largest absolute Gasteiger partial charge is 0.361 e. The molecule has 0 amide bonds. The van der Waals surface area contributed by atoms with Gasteiger partial charge in [0.05, 0.1) is 19.3 Å². The summed E-state index contributed by atoms with van der Waals surface area (Å²) in [6.07, 6.45) is 8.04. The molecule has 1 aliphatic heterocycles. The van der Waals surface area contributed by atoms with E-state index in [2.05, 4.69) is 47.5 Å². The lowest BCUT2D eigenvalue weighted by atomic mass is 10.0. The van der Waals surface area contributed by atoms with Crippen LogP contribution in [0.2, 0.25) is 25.7 Å². The molecule has 2 rings (SSSR count). The molecule has 0 bridgehead atoms. The molecule has 1 aromatic rings. The molecule has 28 heavy (non-hydrogen) atoms. The number of aromatic nitrogens is 2. The number of nitrogens with zero attached hydrogens (tertiary/aromatic N) is 2. The van der Waals surface area contributed by atoms with E-state index in [-0.39, 0.29) is 11.8 Å². The third-order valence-electron chi connectivity index (χ3n) is 5.26. The summed E-state index contributed by atoms with van der Waals surface area (Å²) >= 11 is 3.47. The first-order valence-corrected chi connectivity index (χ1v) is 15.1. The summed E-state index contributed by atoms with van der Waals surface area (Å²) in [6.45, 7) is 12.0. The minimum absolute atomic E-state index is 0.0778. The summed E-state index contributed by atoms with van der Waals surface area (Å²) in [4.78, 5) is 4.57. The zero-order valence-corrected chi connectivity index (χ0v) is 20.6. The molecule has 0 saturated carbocycles. The smallest absolute Gasteiger partial charge is 0.168 e. The van der Waals surface area contributed by atoms with Gasteiger partial charge in [0.2, 0.25) is 0 Å². The van der Waals surface area contributed by atoms with E-state index in [0.717, 1.165) is 74.8 Å². The summed E-state index contributed by atoms with van der Waals surface area (Å²) in [5.41, 5.74) is 6.44. The Morgan fingerprint density at radius 3 is 2.64 bits per heavy atom. The number of hydrogen-bond acceptors (Lipinski definition) is 5. The van der Waals surface area contributed by atoms with Crippen LogP contribution in [-0.4, -0.2) is 43.2 Å². The quantitative estimate of drug-likeness (QED) is 0.318. The fourth-order valence-electron chi connectivity index (χ4n) is 3.42. The normalized spacial score (nSPS) is 17.9. The lowest BCUT2D eigenvalue weighted by Gasteiger charge is -2.25. The van der Waals surface area contributed by atoms with Gasteiger partial charge in [-0.15, -0.1) is 0 Å². The molecule has 0 aromatic carbocycles. The van der Waals surface area contributed by atoms with Crippen molar-refractivity contribution in [2.75, 3.05) is 19.8 Å². The number of halogens is 1. The topological polar surface area (TPSA) is 71.5 Å². The Balaban J connectivity index is 1.72. The molecule has 1 aromatic heterocycles. The molecular weight excluding hydrogens is 438 g/mol. The predicted octanol–water partition coefficient (Wildman–Crippen LogP) is 5.06. The van der Waals surface area contributed by atoms with Crippen molar-refractivity contribution >= 4 is 24.0 Å². The monoisotopic (exact) mass is 475 g/mol. The van der Waals surface area contributed by atoms with Crippen LogP contribution in [0.4, 0.5) is 0 Å². The molecule has 0 unspecified atom stereocenters. The van der Waals surface area contributed by atoms with Crippen molar-refractivity contribution in [1.82, 2.24) is 9.55 Å². The Hall–Kier alpha value is -0.253. The second-order valence-corrected chi connectivity index (χ2v) is 15.3. The van der Waals surface area contributed by atoms with Gasteiger partial charge in [-0.1, -0.05) is 39.4 Å². The molecule has 8 heteroatoms. The second kappa shape index (κ2) is 11.2. The van der Waals surface area contributed by atoms with Gasteiger partial charge in [0.25, 0.3) is 0 Å². The van der Waals surface area contributed by atoms with Gasteiger partial charge in [0.15, 0.2) is 5.79 Å². The van der Waals surface area contributed by atoms with E-state index in [9.17, 15) is 0 Å². The summed E-state index contributed by atoms with van der Waals surface area (Å²) < 4.78 is 20.3. The van der Waals surface area contributed by atoms with Crippen LogP contribution in [-0.2, 0) is 20.9 Å². The van der Waals surface area contributed by atoms with Crippen molar-refractivity contribution in [3.8, 4) is 0 Å². The zero-order chi connectivity index (χ0) is 20.6. The van der Waals surface area contributed by atoms with E-state index in [1.807, 2.05) is 10.8 Å². The SMILES string of the molecule is CCC1(CCCCC[C@H](N)c2nc(Br)cn2COCC[Si](C)(C)C)OCCO1. The number of hydrogen-bond donors (Lipinski definition) is 1. The maximum Gasteiger partial charge on any atom is 0.168 e. The first-order valence-electron chi connectivity index (χ1n) is 10.6. The Morgan fingerprint density at radius 1 is 1.29 bits per heavy atom. The van der Waals surface area contributed by atoms with Gasteiger partial charge >= 0.3 is 0 Å². The minimum Gasteiger partial charge on any atom is -0.361 e. The Kier molecular flexibility index (Phi) is 9.63. The number of unbranched alkanes of at least 4 members (excludes halogenated alkanes) is 2. The van der Waals surface area contributed by atoms with Crippen molar-refractivity contribution in [2.24, 2.45) is 5.73 Å². The van der Waals surface area contributed by atoms with Crippen LogP contribution in [0, 0.1) is 0 Å². The summed E-state index contributed by atoms with van der Waals surface area (Å²) in [6, 6.07) is 1.09. The van der Waals surface area contributed by atoms with Crippen molar-refractivity contribution < 1.29 is 14.2 Å². The average molecular weight is 477 g/mol. The van der Waals surface area contributed by atoms with Crippen molar-refractivity contribution in [3.05, 3.63) is 16.6 Å². The third kappa shape index (κ3) is 7.87. The molecule has 2 N–H and O–H groups in total. The molecule has 6 nitrogen and oxygen atoms in total. The standard InChI is InChI=1S/C20H38BrN3O3Si/c1-5-20(26-11-12-27-20)10-8-6-7-9-17(22)19-23-18(21)15-24(19)16-25-13-14-28(2,3)4/h15,17H,5-14,16,22H2,1-4H3/t17-/m0/s1. The van der Waals surface area contributed by atoms with Gasteiger partial charge in [-0.05, 0) is 41.2 Å². The van der Waals surface area contributed by atoms with Crippen LogP contribution in [0.1, 0.15) is 57.3 Å². The Labute approximate surface area is 179 Å². The number of imidazole rings is 1. The van der Waals surface area contributed by atoms with Gasteiger partial charge < -0.3 is 24.5 Å². The first-order chi connectivity index (χ1) is 13.2. The third-order valence-corrected chi connectivity index (χ3v) is 7.35. The molecule has 0 radical (unpaired) electrons.